The Morgan fingerprint density at radius 1 is 1.43 bits per heavy atom. The van der Waals surface area contributed by atoms with Crippen LogP contribution in [0.2, 0.25) is 0 Å². The lowest BCUT2D eigenvalue weighted by molar-refractivity contribution is -0.139. The van der Waals surface area contributed by atoms with Crippen molar-refractivity contribution in [2.75, 3.05) is 0 Å². The normalized spacial score (nSPS) is 44.2. The second-order valence-electron chi connectivity index (χ2n) is 5.91. The minimum absolute atomic E-state index is 0.274. The summed E-state index contributed by atoms with van der Waals surface area (Å²) in [4.78, 5) is 10.8. The van der Waals surface area contributed by atoms with Crippen molar-refractivity contribution in [3.8, 4) is 0 Å². The molecule has 0 aromatic heterocycles. The van der Waals surface area contributed by atoms with Crippen molar-refractivity contribution >= 4 is 5.97 Å². The average molecular weight is 196 g/mol. The molecule has 0 aromatic rings. The van der Waals surface area contributed by atoms with Crippen LogP contribution in [0.4, 0.5) is 0 Å². The SMILES string of the molecule is CC1(C)[C@@H]2CC[C@@]1(C)[C@@H](CC(=O)O)C2. The van der Waals surface area contributed by atoms with Gasteiger partial charge in [-0.1, -0.05) is 20.8 Å². The topological polar surface area (TPSA) is 37.3 Å². The standard InChI is InChI=1S/C12H20O2/c1-11(2)8-4-5-12(11,3)9(6-8)7-10(13)14/h8-9H,4-7H2,1-3H3,(H,13,14)/t8-,9-,12+/m1/s1. The summed E-state index contributed by atoms with van der Waals surface area (Å²) in [5, 5.41) is 8.89. The van der Waals surface area contributed by atoms with Gasteiger partial charge in [0.1, 0.15) is 0 Å². The molecule has 0 aliphatic heterocycles. The third kappa shape index (κ3) is 1.06. The first-order valence-electron chi connectivity index (χ1n) is 5.60. The highest BCUT2D eigenvalue weighted by Gasteiger charge is 2.61. The van der Waals surface area contributed by atoms with Gasteiger partial charge < -0.3 is 5.11 Å². The summed E-state index contributed by atoms with van der Waals surface area (Å²) < 4.78 is 0. The second kappa shape index (κ2) is 2.74. The molecule has 2 nitrogen and oxygen atoms in total. The number of rotatable bonds is 2. The lowest BCUT2D eigenvalue weighted by Crippen LogP contribution is -2.33. The fourth-order valence-electron chi connectivity index (χ4n) is 3.89. The third-order valence-corrected chi connectivity index (χ3v) is 5.40. The molecule has 0 unspecified atom stereocenters. The fraction of sp³-hybridized carbons (Fsp3) is 0.917. The largest absolute Gasteiger partial charge is 0.481 e. The number of carboxylic acids is 1. The summed E-state index contributed by atoms with van der Waals surface area (Å²) in [5.74, 6) is 0.546. The molecule has 0 radical (unpaired) electrons. The van der Waals surface area contributed by atoms with Gasteiger partial charge in [0.2, 0.25) is 0 Å². The van der Waals surface area contributed by atoms with Gasteiger partial charge in [-0.2, -0.15) is 0 Å². The van der Waals surface area contributed by atoms with Crippen LogP contribution < -0.4 is 0 Å². The molecule has 1 N–H and O–H groups in total. The molecule has 3 atom stereocenters. The van der Waals surface area contributed by atoms with E-state index in [0.29, 0.717) is 17.8 Å². The predicted octanol–water partition coefficient (Wildman–Crippen LogP) is 2.92. The molecule has 0 spiro atoms. The van der Waals surface area contributed by atoms with Gasteiger partial charge in [0.05, 0.1) is 0 Å². The number of aliphatic carboxylic acids is 1. The number of hydrogen-bond acceptors (Lipinski definition) is 1. The summed E-state index contributed by atoms with van der Waals surface area (Å²) in [6.45, 7) is 6.95. The van der Waals surface area contributed by atoms with Gasteiger partial charge in [0.15, 0.2) is 0 Å². The molecular formula is C12H20O2. The molecule has 2 fully saturated rings. The molecule has 2 bridgehead atoms. The second-order valence-corrected chi connectivity index (χ2v) is 5.91. The van der Waals surface area contributed by atoms with Crippen molar-refractivity contribution in [1.29, 1.82) is 0 Å². The van der Waals surface area contributed by atoms with E-state index in [1.54, 1.807) is 0 Å². The van der Waals surface area contributed by atoms with Crippen LogP contribution in [0.5, 0.6) is 0 Å². The summed E-state index contributed by atoms with van der Waals surface area (Å²) in [6, 6.07) is 0. The Morgan fingerprint density at radius 3 is 2.43 bits per heavy atom. The van der Waals surface area contributed by atoms with E-state index >= 15 is 0 Å². The highest BCUT2D eigenvalue weighted by Crippen LogP contribution is 2.68. The Kier molecular flexibility index (Phi) is 1.96. The maximum Gasteiger partial charge on any atom is 0.303 e. The summed E-state index contributed by atoms with van der Waals surface area (Å²) >= 11 is 0. The van der Waals surface area contributed by atoms with Crippen LogP contribution in [0.25, 0.3) is 0 Å². The van der Waals surface area contributed by atoms with E-state index in [9.17, 15) is 4.79 Å². The fourth-order valence-corrected chi connectivity index (χ4v) is 3.89. The van der Waals surface area contributed by atoms with Gasteiger partial charge in [-0.15, -0.1) is 0 Å². The Hall–Kier alpha value is -0.530. The lowest BCUT2D eigenvalue weighted by atomic mass is 9.66. The van der Waals surface area contributed by atoms with Crippen molar-refractivity contribution in [3.63, 3.8) is 0 Å². The van der Waals surface area contributed by atoms with E-state index in [4.69, 9.17) is 5.11 Å². The van der Waals surface area contributed by atoms with Gasteiger partial charge in [-0.05, 0) is 41.9 Å². The van der Waals surface area contributed by atoms with Crippen LogP contribution in [-0.2, 0) is 4.79 Å². The van der Waals surface area contributed by atoms with Crippen molar-refractivity contribution in [3.05, 3.63) is 0 Å². The van der Waals surface area contributed by atoms with Crippen LogP contribution in [0.3, 0.4) is 0 Å². The number of carbonyl (C=O) groups is 1. The number of carboxylic acid groups (broad SMARTS) is 1. The summed E-state index contributed by atoms with van der Waals surface area (Å²) in [6.07, 6.45) is 4.04. The zero-order chi connectivity index (χ0) is 10.6. The van der Waals surface area contributed by atoms with Crippen LogP contribution in [0.1, 0.15) is 46.5 Å². The van der Waals surface area contributed by atoms with E-state index in [2.05, 4.69) is 20.8 Å². The van der Waals surface area contributed by atoms with Crippen molar-refractivity contribution in [2.45, 2.75) is 46.5 Å². The molecule has 0 saturated heterocycles. The summed E-state index contributed by atoms with van der Waals surface area (Å²) in [7, 11) is 0. The third-order valence-electron chi connectivity index (χ3n) is 5.40. The molecule has 0 heterocycles. The van der Waals surface area contributed by atoms with Crippen LogP contribution in [-0.4, -0.2) is 11.1 Å². The first kappa shape index (κ1) is 10.0. The molecule has 2 saturated carbocycles. The molecule has 2 aliphatic rings. The maximum absolute atomic E-state index is 10.8. The monoisotopic (exact) mass is 196 g/mol. The number of hydrogen-bond donors (Lipinski definition) is 1. The molecule has 14 heavy (non-hydrogen) atoms. The highest BCUT2D eigenvalue weighted by atomic mass is 16.4. The maximum atomic E-state index is 10.8. The van der Waals surface area contributed by atoms with E-state index in [1.165, 1.54) is 12.8 Å². The highest BCUT2D eigenvalue weighted by molar-refractivity contribution is 5.67. The zero-order valence-corrected chi connectivity index (χ0v) is 9.34. The van der Waals surface area contributed by atoms with Gasteiger partial charge in [0, 0.05) is 6.42 Å². The zero-order valence-electron chi connectivity index (χ0n) is 9.34. The van der Waals surface area contributed by atoms with E-state index in [1.807, 2.05) is 0 Å². The van der Waals surface area contributed by atoms with Crippen LogP contribution >= 0.6 is 0 Å². The molecule has 2 heteroatoms. The van der Waals surface area contributed by atoms with Crippen molar-refractivity contribution in [1.82, 2.24) is 0 Å². The minimum atomic E-state index is -0.625. The Bertz CT molecular complexity index is 269. The Labute approximate surface area is 85.7 Å². The van der Waals surface area contributed by atoms with E-state index < -0.39 is 5.97 Å². The summed E-state index contributed by atoms with van der Waals surface area (Å²) in [5.41, 5.74) is 0.628. The van der Waals surface area contributed by atoms with Crippen LogP contribution in [0, 0.1) is 22.7 Å². The quantitative estimate of drug-likeness (QED) is 0.737. The molecule has 80 valence electrons. The van der Waals surface area contributed by atoms with Gasteiger partial charge in [-0.3, -0.25) is 4.79 Å². The number of fused-ring (bicyclic) bond motifs is 2. The first-order valence-corrected chi connectivity index (χ1v) is 5.60. The molecule has 2 rings (SSSR count). The van der Waals surface area contributed by atoms with Crippen LogP contribution in [0.15, 0.2) is 0 Å². The van der Waals surface area contributed by atoms with Crippen molar-refractivity contribution in [2.24, 2.45) is 22.7 Å². The van der Waals surface area contributed by atoms with Crippen molar-refractivity contribution < 1.29 is 9.90 Å². The van der Waals surface area contributed by atoms with E-state index in [0.717, 1.165) is 12.3 Å². The molecular weight excluding hydrogens is 176 g/mol. The van der Waals surface area contributed by atoms with Gasteiger partial charge >= 0.3 is 5.97 Å². The first-order chi connectivity index (χ1) is 6.38. The predicted molar refractivity (Wildman–Crippen MR) is 55.0 cm³/mol. The molecule has 2 aliphatic carbocycles. The van der Waals surface area contributed by atoms with E-state index in [-0.39, 0.29) is 5.41 Å². The molecule has 0 aromatic carbocycles. The minimum Gasteiger partial charge on any atom is -0.481 e. The Morgan fingerprint density at radius 2 is 2.07 bits per heavy atom. The van der Waals surface area contributed by atoms with Gasteiger partial charge in [-0.25, -0.2) is 0 Å². The smallest absolute Gasteiger partial charge is 0.303 e. The Balaban J connectivity index is 2.23. The lowest BCUT2D eigenvalue weighted by Gasteiger charge is -2.38. The average Bonchev–Trinajstić information content (AvgIpc) is 2.35. The van der Waals surface area contributed by atoms with Gasteiger partial charge in [0.25, 0.3) is 0 Å². The molecule has 0 amide bonds.